The van der Waals surface area contributed by atoms with E-state index in [1.54, 1.807) is 0 Å². The van der Waals surface area contributed by atoms with E-state index in [0.29, 0.717) is 23.8 Å². The Hall–Kier alpha value is -3.13. The number of amides is 2. The average Bonchev–Trinajstić information content (AvgIpc) is 3.45. The van der Waals surface area contributed by atoms with Crippen LogP contribution in [0.2, 0.25) is 0 Å². The lowest BCUT2D eigenvalue weighted by Gasteiger charge is -2.24. The molecule has 1 aliphatic heterocycles. The van der Waals surface area contributed by atoms with Gasteiger partial charge in [-0.15, -0.1) is 10.2 Å². The maximum atomic E-state index is 13.2. The summed E-state index contributed by atoms with van der Waals surface area (Å²) in [4.78, 5) is 27.5. The maximum absolute atomic E-state index is 13.2. The van der Waals surface area contributed by atoms with Gasteiger partial charge in [0.25, 0.3) is 5.91 Å². The molecule has 0 aliphatic carbocycles. The number of nitrogens with zero attached hydrogens (tertiary/aromatic N) is 4. The summed E-state index contributed by atoms with van der Waals surface area (Å²) in [6, 6.07) is 15.3. The summed E-state index contributed by atoms with van der Waals surface area (Å²) in [5, 5.41) is 12.4. The Labute approximate surface area is 198 Å². The normalized spacial score (nSPS) is 15.6. The quantitative estimate of drug-likeness (QED) is 0.517. The fraction of sp³-hybridized carbons (Fsp3) is 0.360. The van der Waals surface area contributed by atoms with Crippen molar-refractivity contribution in [1.82, 2.24) is 19.7 Å². The first-order valence-electron chi connectivity index (χ1n) is 11.3. The number of anilines is 1. The van der Waals surface area contributed by atoms with Crippen molar-refractivity contribution in [2.45, 2.75) is 51.4 Å². The number of carbonyl (C=O) groups is 2. The number of hydrogen-bond acceptors (Lipinski definition) is 5. The van der Waals surface area contributed by atoms with Crippen molar-refractivity contribution < 1.29 is 9.59 Å². The molecule has 2 aromatic carbocycles. The van der Waals surface area contributed by atoms with Crippen LogP contribution in [0.5, 0.6) is 0 Å². The number of hydrogen-bond donors (Lipinski definition) is 1. The van der Waals surface area contributed by atoms with Crippen molar-refractivity contribution in [3.8, 4) is 0 Å². The van der Waals surface area contributed by atoms with Crippen molar-refractivity contribution in [3.05, 3.63) is 71.0 Å². The Balaban J connectivity index is 1.45. The molecule has 1 atom stereocenters. The van der Waals surface area contributed by atoms with Crippen LogP contribution in [0.1, 0.15) is 53.1 Å². The predicted molar refractivity (Wildman–Crippen MR) is 130 cm³/mol. The lowest BCUT2D eigenvalue weighted by Crippen LogP contribution is -2.32. The minimum atomic E-state index is -0.110. The van der Waals surface area contributed by atoms with Gasteiger partial charge in [0, 0.05) is 24.3 Å². The molecule has 0 bridgehead atoms. The number of carbonyl (C=O) groups excluding carboxylic acids is 2. The third-order valence-corrected chi connectivity index (χ3v) is 6.77. The summed E-state index contributed by atoms with van der Waals surface area (Å²) >= 11 is 1.36. The molecule has 3 aromatic rings. The maximum Gasteiger partial charge on any atom is 0.254 e. The van der Waals surface area contributed by atoms with E-state index in [1.165, 1.54) is 11.8 Å². The molecule has 2 heterocycles. The summed E-state index contributed by atoms with van der Waals surface area (Å²) < 4.78 is 2.02. The second kappa shape index (κ2) is 10.2. The van der Waals surface area contributed by atoms with Gasteiger partial charge in [0.1, 0.15) is 0 Å². The first-order valence-corrected chi connectivity index (χ1v) is 12.2. The van der Waals surface area contributed by atoms with Crippen LogP contribution in [0, 0.1) is 13.8 Å². The van der Waals surface area contributed by atoms with Crippen LogP contribution in [-0.2, 0) is 11.3 Å². The Morgan fingerprint density at radius 3 is 2.61 bits per heavy atom. The van der Waals surface area contributed by atoms with E-state index >= 15 is 0 Å². The minimum absolute atomic E-state index is 0.0264. The highest BCUT2D eigenvalue weighted by molar-refractivity contribution is 7.99. The summed E-state index contributed by atoms with van der Waals surface area (Å²) in [6.45, 7) is 7.41. The Morgan fingerprint density at radius 2 is 1.88 bits per heavy atom. The molecule has 0 spiro atoms. The number of rotatable bonds is 7. The van der Waals surface area contributed by atoms with Crippen molar-refractivity contribution in [3.63, 3.8) is 0 Å². The van der Waals surface area contributed by atoms with Gasteiger partial charge in [0.05, 0.1) is 11.8 Å². The summed E-state index contributed by atoms with van der Waals surface area (Å²) in [5.41, 5.74) is 3.69. The molecule has 1 saturated heterocycles. The molecule has 172 valence electrons. The van der Waals surface area contributed by atoms with Crippen LogP contribution in [0.25, 0.3) is 0 Å². The fourth-order valence-electron chi connectivity index (χ4n) is 4.14. The Bertz CT molecular complexity index is 1140. The van der Waals surface area contributed by atoms with E-state index in [4.69, 9.17) is 0 Å². The van der Waals surface area contributed by atoms with Crippen LogP contribution < -0.4 is 5.32 Å². The molecule has 4 rings (SSSR count). The van der Waals surface area contributed by atoms with E-state index in [0.717, 1.165) is 35.5 Å². The average molecular weight is 464 g/mol. The lowest BCUT2D eigenvalue weighted by atomic mass is 10.1. The molecule has 1 aliphatic rings. The molecule has 8 heteroatoms. The highest BCUT2D eigenvalue weighted by atomic mass is 32.2. The van der Waals surface area contributed by atoms with Gasteiger partial charge in [-0.1, -0.05) is 47.2 Å². The zero-order chi connectivity index (χ0) is 23.4. The molecular formula is C25H29N5O2S. The molecule has 0 radical (unpaired) electrons. The SMILES string of the molecule is CCn1c(SCC(=O)Nc2ccc(C)cc2)nnc1C1CCCN1C(=O)c1cccc(C)c1. The number of aryl methyl sites for hydroxylation is 2. The van der Waals surface area contributed by atoms with Gasteiger partial charge in [0.15, 0.2) is 11.0 Å². The lowest BCUT2D eigenvalue weighted by molar-refractivity contribution is -0.113. The molecule has 0 saturated carbocycles. The number of nitrogens with one attached hydrogen (secondary N) is 1. The molecule has 1 N–H and O–H groups in total. The van der Waals surface area contributed by atoms with Gasteiger partial charge in [-0.3, -0.25) is 9.59 Å². The minimum Gasteiger partial charge on any atom is -0.328 e. The number of thioether (sulfide) groups is 1. The van der Waals surface area contributed by atoms with Crippen LogP contribution in [-0.4, -0.2) is 43.8 Å². The van der Waals surface area contributed by atoms with Gasteiger partial charge >= 0.3 is 0 Å². The third kappa shape index (κ3) is 5.27. The largest absolute Gasteiger partial charge is 0.328 e. The summed E-state index contributed by atoms with van der Waals surface area (Å²) in [7, 11) is 0. The van der Waals surface area contributed by atoms with Crippen LogP contribution >= 0.6 is 11.8 Å². The van der Waals surface area contributed by atoms with Gasteiger partial charge in [-0.25, -0.2) is 0 Å². The van der Waals surface area contributed by atoms with E-state index in [1.807, 2.05) is 78.8 Å². The Kier molecular flexibility index (Phi) is 7.13. The van der Waals surface area contributed by atoms with E-state index in [9.17, 15) is 9.59 Å². The van der Waals surface area contributed by atoms with Crippen molar-refractivity contribution >= 4 is 29.3 Å². The van der Waals surface area contributed by atoms with Crippen molar-refractivity contribution in [1.29, 1.82) is 0 Å². The second-order valence-electron chi connectivity index (χ2n) is 8.31. The number of likely N-dealkylation sites (tertiary alicyclic amines) is 1. The third-order valence-electron chi connectivity index (χ3n) is 5.81. The molecule has 1 unspecified atom stereocenters. The Morgan fingerprint density at radius 1 is 1.09 bits per heavy atom. The summed E-state index contributed by atoms with van der Waals surface area (Å²) in [6.07, 6.45) is 1.79. The summed E-state index contributed by atoms with van der Waals surface area (Å²) in [5.74, 6) is 0.965. The molecular weight excluding hydrogens is 434 g/mol. The fourth-order valence-corrected chi connectivity index (χ4v) is 4.95. The zero-order valence-electron chi connectivity index (χ0n) is 19.2. The van der Waals surface area contributed by atoms with E-state index in [2.05, 4.69) is 15.5 Å². The highest BCUT2D eigenvalue weighted by Crippen LogP contribution is 2.34. The number of benzene rings is 2. The van der Waals surface area contributed by atoms with E-state index < -0.39 is 0 Å². The molecule has 33 heavy (non-hydrogen) atoms. The monoisotopic (exact) mass is 463 g/mol. The van der Waals surface area contributed by atoms with E-state index in [-0.39, 0.29) is 23.6 Å². The van der Waals surface area contributed by atoms with Crippen LogP contribution in [0.15, 0.2) is 53.7 Å². The van der Waals surface area contributed by atoms with Crippen LogP contribution in [0.4, 0.5) is 5.69 Å². The van der Waals surface area contributed by atoms with Gasteiger partial charge in [0.2, 0.25) is 5.91 Å². The smallest absolute Gasteiger partial charge is 0.254 e. The number of aromatic nitrogens is 3. The first-order chi connectivity index (χ1) is 16.0. The van der Waals surface area contributed by atoms with Gasteiger partial charge in [-0.2, -0.15) is 0 Å². The predicted octanol–water partition coefficient (Wildman–Crippen LogP) is 4.62. The molecule has 2 amide bonds. The van der Waals surface area contributed by atoms with Crippen molar-refractivity contribution in [2.75, 3.05) is 17.6 Å². The second-order valence-corrected chi connectivity index (χ2v) is 9.26. The molecule has 1 fully saturated rings. The first kappa shape index (κ1) is 23.0. The topological polar surface area (TPSA) is 80.1 Å². The van der Waals surface area contributed by atoms with Gasteiger partial charge in [-0.05, 0) is 57.9 Å². The zero-order valence-corrected chi connectivity index (χ0v) is 20.1. The standard InChI is InChI=1S/C25H29N5O2S/c1-4-29-23(21-9-6-14-30(21)24(32)19-8-5-7-18(3)15-19)27-28-25(29)33-16-22(31)26-20-12-10-17(2)11-13-20/h5,7-8,10-13,15,21H,4,6,9,14,16H2,1-3H3,(H,26,31). The molecule has 7 nitrogen and oxygen atoms in total. The van der Waals surface area contributed by atoms with Crippen molar-refractivity contribution in [2.24, 2.45) is 0 Å². The van der Waals surface area contributed by atoms with Crippen LogP contribution in [0.3, 0.4) is 0 Å². The highest BCUT2D eigenvalue weighted by Gasteiger charge is 2.34. The molecule has 1 aromatic heterocycles. The van der Waals surface area contributed by atoms with Gasteiger partial charge < -0.3 is 14.8 Å².